The molecular formula is C13H19NO4. The Kier molecular flexibility index (Phi) is 4.29. The fraction of sp³-hybridized carbons (Fsp3) is 0.538. The van der Waals surface area contributed by atoms with Crippen molar-refractivity contribution in [1.29, 1.82) is 0 Å². The maximum atomic E-state index is 11.4. The van der Waals surface area contributed by atoms with Crippen LogP contribution >= 0.6 is 0 Å². The number of pyridine rings is 1. The molecule has 1 heterocycles. The van der Waals surface area contributed by atoms with Gasteiger partial charge in [0.2, 0.25) is 0 Å². The first kappa shape index (κ1) is 14.4. The second-order valence-electron chi connectivity index (χ2n) is 5.15. The molecule has 100 valence electrons. The minimum Gasteiger partial charge on any atom is -0.477 e. The van der Waals surface area contributed by atoms with Gasteiger partial charge in [-0.1, -0.05) is 0 Å². The first-order valence-corrected chi connectivity index (χ1v) is 5.79. The van der Waals surface area contributed by atoms with Gasteiger partial charge in [-0.05, 0) is 27.7 Å². The summed E-state index contributed by atoms with van der Waals surface area (Å²) in [5.41, 5.74) is -0.186. The third-order valence-electron chi connectivity index (χ3n) is 2.44. The third kappa shape index (κ3) is 4.00. The molecule has 1 rings (SSSR count). The molecule has 5 heteroatoms. The van der Waals surface area contributed by atoms with Crippen LogP contribution in [-0.4, -0.2) is 27.9 Å². The van der Waals surface area contributed by atoms with Gasteiger partial charge in [-0.3, -0.25) is 4.79 Å². The highest BCUT2D eigenvalue weighted by Gasteiger charge is 2.12. The Labute approximate surface area is 106 Å². The number of hydrogen-bond acceptors (Lipinski definition) is 3. The molecule has 0 radical (unpaired) electrons. The van der Waals surface area contributed by atoms with E-state index in [1.165, 1.54) is 12.3 Å². The molecule has 0 atom stereocenters. The normalized spacial score (nSPS) is 11.6. The van der Waals surface area contributed by atoms with Crippen LogP contribution in [0, 0.1) is 6.92 Å². The Bertz CT molecular complexity index is 497. The molecule has 0 aromatic carbocycles. The molecule has 0 amide bonds. The van der Waals surface area contributed by atoms with Crippen molar-refractivity contribution in [2.45, 2.75) is 39.8 Å². The zero-order valence-electron chi connectivity index (χ0n) is 11.2. The lowest BCUT2D eigenvalue weighted by Gasteiger charge is -2.20. The van der Waals surface area contributed by atoms with Gasteiger partial charge < -0.3 is 14.4 Å². The highest BCUT2D eigenvalue weighted by molar-refractivity contribution is 5.87. The Hall–Kier alpha value is -1.62. The molecule has 0 aliphatic rings. The summed E-state index contributed by atoms with van der Waals surface area (Å²) in [4.78, 5) is 22.3. The highest BCUT2D eigenvalue weighted by atomic mass is 16.5. The number of ether oxygens (including phenoxy) is 1. The summed E-state index contributed by atoms with van der Waals surface area (Å²) in [6, 6.07) is 1.33. The van der Waals surface area contributed by atoms with Crippen molar-refractivity contribution in [2.24, 2.45) is 0 Å². The number of carboxylic acids is 1. The Morgan fingerprint density at radius 3 is 2.56 bits per heavy atom. The molecular weight excluding hydrogens is 234 g/mol. The summed E-state index contributed by atoms with van der Waals surface area (Å²) in [5, 5.41) is 8.89. The summed E-state index contributed by atoms with van der Waals surface area (Å²) in [5.74, 6) is -1.20. The third-order valence-corrected chi connectivity index (χ3v) is 2.44. The number of aromatic nitrogens is 1. The Balaban J connectivity index is 2.86. The van der Waals surface area contributed by atoms with Crippen molar-refractivity contribution in [2.75, 3.05) is 6.61 Å². The van der Waals surface area contributed by atoms with Crippen molar-refractivity contribution in [1.82, 2.24) is 4.57 Å². The lowest BCUT2D eigenvalue weighted by Crippen LogP contribution is -2.24. The van der Waals surface area contributed by atoms with Crippen LogP contribution in [0.15, 0.2) is 17.1 Å². The molecule has 0 unspecified atom stereocenters. The summed E-state index contributed by atoms with van der Waals surface area (Å²) >= 11 is 0. The van der Waals surface area contributed by atoms with E-state index in [1.807, 2.05) is 20.8 Å². The number of aromatic carboxylic acids is 1. The predicted octanol–water partition coefficient (Wildman–Crippen LogP) is 1.67. The Morgan fingerprint density at radius 1 is 1.44 bits per heavy atom. The number of carbonyl (C=O) groups is 1. The number of nitrogens with zero attached hydrogens (tertiary/aromatic N) is 1. The van der Waals surface area contributed by atoms with Gasteiger partial charge >= 0.3 is 5.97 Å². The lowest BCUT2D eigenvalue weighted by atomic mass is 10.2. The monoisotopic (exact) mass is 253 g/mol. The summed E-state index contributed by atoms with van der Waals surface area (Å²) in [7, 11) is 0. The van der Waals surface area contributed by atoms with Gasteiger partial charge in [0.05, 0.1) is 12.2 Å². The maximum absolute atomic E-state index is 11.4. The second-order valence-corrected chi connectivity index (χ2v) is 5.15. The molecule has 0 bridgehead atoms. The van der Waals surface area contributed by atoms with Crippen LogP contribution in [0.25, 0.3) is 0 Å². The van der Waals surface area contributed by atoms with Gasteiger partial charge in [-0.15, -0.1) is 0 Å². The van der Waals surface area contributed by atoms with E-state index in [0.717, 1.165) is 5.69 Å². The zero-order valence-corrected chi connectivity index (χ0v) is 11.2. The number of carboxylic acid groups (broad SMARTS) is 1. The van der Waals surface area contributed by atoms with Crippen molar-refractivity contribution in [3.05, 3.63) is 33.7 Å². The molecule has 18 heavy (non-hydrogen) atoms. The van der Waals surface area contributed by atoms with E-state index in [0.29, 0.717) is 13.2 Å². The molecule has 1 aromatic heterocycles. The van der Waals surface area contributed by atoms with Crippen molar-refractivity contribution < 1.29 is 14.6 Å². The molecule has 0 saturated heterocycles. The standard InChI is InChI=1S/C13H19NO4/c1-9-7-11(15)10(12(16)17)8-14(9)5-6-18-13(2,3)4/h7-8H,5-6H2,1-4H3,(H,16,17). The summed E-state index contributed by atoms with van der Waals surface area (Å²) in [6.45, 7) is 8.61. The van der Waals surface area contributed by atoms with E-state index >= 15 is 0 Å². The quantitative estimate of drug-likeness (QED) is 0.886. The van der Waals surface area contributed by atoms with Gasteiger partial charge in [0.15, 0.2) is 5.43 Å². The average Bonchev–Trinajstić information content (AvgIpc) is 2.18. The molecule has 1 N–H and O–H groups in total. The fourth-order valence-electron chi connectivity index (χ4n) is 1.52. The molecule has 1 aromatic rings. The van der Waals surface area contributed by atoms with Gasteiger partial charge in [-0.25, -0.2) is 4.79 Å². The SMILES string of the molecule is Cc1cc(=O)c(C(=O)O)cn1CCOC(C)(C)C. The zero-order chi connectivity index (χ0) is 13.9. The molecule has 0 fully saturated rings. The van der Waals surface area contributed by atoms with Crippen LogP contribution in [0.5, 0.6) is 0 Å². The van der Waals surface area contributed by atoms with Crippen LogP contribution in [0.2, 0.25) is 0 Å². The van der Waals surface area contributed by atoms with Gasteiger partial charge in [0, 0.05) is 24.5 Å². The van der Waals surface area contributed by atoms with Crippen molar-refractivity contribution in [3.8, 4) is 0 Å². The van der Waals surface area contributed by atoms with E-state index in [-0.39, 0.29) is 11.2 Å². The number of rotatable bonds is 4. The second kappa shape index (κ2) is 5.35. The first-order chi connectivity index (χ1) is 8.20. The topological polar surface area (TPSA) is 68.5 Å². The molecule has 0 saturated carbocycles. The van der Waals surface area contributed by atoms with E-state index in [4.69, 9.17) is 9.84 Å². The van der Waals surface area contributed by atoms with Gasteiger partial charge in [-0.2, -0.15) is 0 Å². The van der Waals surface area contributed by atoms with Crippen LogP contribution in [0.4, 0.5) is 0 Å². The Morgan fingerprint density at radius 2 is 2.06 bits per heavy atom. The van der Waals surface area contributed by atoms with Crippen LogP contribution < -0.4 is 5.43 Å². The highest BCUT2D eigenvalue weighted by Crippen LogP contribution is 2.07. The fourth-order valence-corrected chi connectivity index (χ4v) is 1.52. The predicted molar refractivity (Wildman–Crippen MR) is 68.1 cm³/mol. The van der Waals surface area contributed by atoms with E-state index < -0.39 is 11.4 Å². The lowest BCUT2D eigenvalue weighted by molar-refractivity contribution is -0.00709. The van der Waals surface area contributed by atoms with Gasteiger partial charge in [0.25, 0.3) is 0 Å². The number of hydrogen-bond donors (Lipinski definition) is 1. The van der Waals surface area contributed by atoms with Crippen LogP contribution in [0.3, 0.4) is 0 Å². The van der Waals surface area contributed by atoms with Crippen LogP contribution in [0.1, 0.15) is 36.8 Å². The minimum atomic E-state index is -1.20. The van der Waals surface area contributed by atoms with Crippen LogP contribution in [-0.2, 0) is 11.3 Å². The largest absolute Gasteiger partial charge is 0.477 e. The average molecular weight is 253 g/mol. The molecule has 0 aliphatic carbocycles. The molecule has 0 spiro atoms. The van der Waals surface area contributed by atoms with Crippen molar-refractivity contribution >= 4 is 5.97 Å². The van der Waals surface area contributed by atoms with Gasteiger partial charge in [0.1, 0.15) is 5.56 Å². The minimum absolute atomic E-state index is 0.212. The van der Waals surface area contributed by atoms with Crippen molar-refractivity contribution in [3.63, 3.8) is 0 Å². The van der Waals surface area contributed by atoms with E-state index in [1.54, 1.807) is 11.5 Å². The maximum Gasteiger partial charge on any atom is 0.341 e. The molecule has 0 aliphatic heterocycles. The smallest absolute Gasteiger partial charge is 0.341 e. The van der Waals surface area contributed by atoms with E-state index in [9.17, 15) is 9.59 Å². The number of aryl methyl sites for hydroxylation is 1. The van der Waals surface area contributed by atoms with E-state index in [2.05, 4.69) is 0 Å². The molecule has 5 nitrogen and oxygen atoms in total. The summed E-state index contributed by atoms with van der Waals surface area (Å²) in [6.07, 6.45) is 1.37. The summed E-state index contributed by atoms with van der Waals surface area (Å²) < 4.78 is 7.29. The first-order valence-electron chi connectivity index (χ1n) is 5.79.